The Balaban J connectivity index is 2.03. The molecule has 1 aromatic carbocycles. The van der Waals surface area contributed by atoms with Crippen molar-refractivity contribution in [3.8, 4) is 11.5 Å². The van der Waals surface area contributed by atoms with E-state index in [1.54, 1.807) is 14.2 Å². The summed E-state index contributed by atoms with van der Waals surface area (Å²) in [6, 6.07) is 2.61. The second kappa shape index (κ2) is 11.4. The molecule has 1 aliphatic carbocycles. The lowest BCUT2D eigenvalue weighted by molar-refractivity contribution is -0.132. The number of aryl methyl sites for hydroxylation is 1. The summed E-state index contributed by atoms with van der Waals surface area (Å²) in [7, 11) is 1.39. The Morgan fingerprint density at radius 1 is 1.13 bits per heavy atom. The fourth-order valence-corrected chi connectivity index (χ4v) is 3.84. The molecule has 1 aromatic rings. The summed E-state index contributed by atoms with van der Waals surface area (Å²) in [6.45, 7) is 3.18. The van der Waals surface area contributed by atoms with Crippen LogP contribution in [0.15, 0.2) is 12.1 Å². The highest BCUT2D eigenvalue weighted by molar-refractivity contribution is 6.43. The van der Waals surface area contributed by atoms with Gasteiger partial charge in [-0.05, 0) is 54.9 Å². The fourth-order valence-electron chi connectivity index (χ4n) is 3.84. The van der Waals surface area contributed by atoms with Crippen molar-refractivity contribution < 1.29 is 34.2 Å². The number of carbonyl (C=O) groups is 2. The molecule has 1 aliphatic rings. The van der Waals surface area contributed by atoms with Gasteiger partial charge in [0.25, 0.3) is 0 Å². The van der Waals surface area contributed by atoms with Crippen LogP contribution in [-0.4, -0.2) is 66.9 Å². The first-order chi connectivity index (χ1) is 14.7. The smallest absolute Gasteiger partial charge is 0.475 e. The molecule has 0 fully saturated rings. The molecule has 0 heterocycles. The predicted octanol–water partition coefficient (Wildman–Crippen LogP) is -0.171. The Bertz CT molecular complexity index is 772. The summed E-state index contributed by atoms with van der Waals surface area (Å²) in [4.78, 5) is 25.3. The molecule has 0 spiro atoms. The highest BCUT2D eigenvalue weighted by Gasteiger charge is 2.32. The maximum atomic E-state index is 12.8. The molecule has 0 saturated heterocycles. The number of benzene rings is 1. The van der Waals surface area contributed by atoms with Crippen LogP contribution in [0, 0.1) is 11.8 Å². The lowest BCUT2D eigenvalue weighted by Gasteiger charge is -2.27. The van der Waals surface area contributed by atoms with E-state index in [1.807, 2.05) is 26.0 Å². The first-order valence-electron chi connectivity index (χ1n) is 10.5. The topological polar surface area (TPSA) is 137 Å². The van der Waals surface area contributed by atoms with Crippen molar-refractivity contribution in [1.29, 1.82) is 0 Å². The van der Waals surface area contributed by atoms with E-state index in [2.05, 4.69) is 10.6 Å². The van der Waals surface area contributed by atoms with Crippen LogP contribution in [0.5, 0.6) is 11.5 Å². The van der Waals surface area contributed by atoms with E-state index in [-0.39, 0.29) is 17.7 Å². The third-order valence-electron chi connectivity index (χ3n) is 5.53. The van der Waals surface area contributed by atoms with E-state index < -0.39 is 31.6 Å². The van der Waals surface area contributed by atoms with Gasteiger partial charge in [-0.1, -0.05) is 13.8 Å². The van der Waals surface area contributed by atoms with Gasteiger partial charge in [0.1, 0.15) is 6.04 Å². The largest absolute Gasteiger partial charge is 0.493 e. The zero-order valence-corrected chi connectivity index (χ0v) is 18.6. The molecule has 2 rings (SSSR count). The minimum atomic E-state index is -1.73. The molecule has 0 aromatic heterocycles. The van der Waals surface area contributed by atoms with Gasteiger partial charge in [-0.2, -0.15) is 0 Å². The standard InChI is InChI=1S/C21H33BN2O7/c1-12(2)7-19(22(28)29)24-21(27)16(11-25)23-20(26)14-6-5-13-9-17(30-3)18(31-4)10-15(13)8-14/h9-10,12,14,16,19,25,28-29H,5-8,11H2,1-4H3,(H,23,26)(H,24,27)/t14?,16-,19-/m0/s1. The van der Waals surface area contributed by atoms with E-state index in [0.717, 1.165) is 11.1 Å². The van der Waals surface area contributed by atoms with Gasteiger partial charge < -0.3 is 35.3 Å². The van der Waals surface area contributed by atoms with Crippen LogP contribution in [0.2, 0.25) is 0 Å². The van der Waals surface area contributed by atoms with E-state index in [9.17, 15) is 24.7 Å². The zero-order chi connectivity index (χ0) is 23.1. The molecule has 9 nitrogen and oxygen atoms in total. The molecule has 2 amide bonds. The molecule has 0 saturated carbocycles. The Labute approximate surface area is 183 Å². The highest BCUT2D eigenvalue weighted by Crippen LogP contribution is 2.35. The second-order valence-electron chi connectivity index (χ2n) is 8.32. The molecule has 0 radical (unpaired) electrons. The lowest BCUT2D eigenvalue weighted by Crippen LogP contribution is -2.56. The molecule has 31 heavy (non-hydrogen) atoms. The number of aliphatic hydroxyl groups is 1. The van der Waals surface area contributed by atoms with Crippen molar-refractivity contribution >= 4 is 18.9 Å². The third kappa shape index (κ3) is 6.59. The minimum Gasteiger partial charge on any atom is -0.493 e. The Morgan fingerprint density at radius 3 is 2.26 bits per heavy atom. The normalized spacial score (nSPS) is 17.4. The number of nitrogens with one attached hydrogen (secondary N) is 2. The lowest BCUT2D eigenvalue weighted by atomic mass is 9.75. The summed E-state index contributed by atoms with van der Waals surface area (Å²) in [5.74, 6) is -0.884. The Morgan fingerprint density at radius 2 is 1.74 bits per heavy atom. The predicted molar refractivity (Wildman–Crippen MR) is 116 cm³/mol. The average Bonchev–Trinajstić information content (AvgIpc) is 2.74. The maximum absolute atomic E-state index is 12.8. The van der Waals surface area contributed by atoms with Gasteiger partial charge in [0.05, 0.1) is 26.8 Å². The average molecular weight is 436 g/mol. The molecule has 1 unspecified atom stereocenters. The summed E-state index contributed by atoms with van der Waals surface area (Å²) in [5.41, 5.74) is 2.07. The molecule has 10 heteroatoms. The van der Waals surface area contributed by atoms with Crippen LogP contribution >= 0.6 is 0 Å². The SMILES string of the molecule is COc1cc2c(cc1OC)CC(C(=O)N[C@@H](CO)C(=O)N[C@@H](CC(C)C)B(O)O)CC2. The number of hydrogen-bond acceptors (Lipinski definition) is 7. The van der Waals surface area contributed by atoms with E-state index in [1.165, 1.54) is 0 Å². The van der Waals surface area contributed by atoms with Crippen LogP contribution < -0.4 is 20.1 Å². The first kappa shape index (κ1) is 25.0. The number of methoxy groups -OCH3 is 2. The second-order valence-corrected chi connectivity index (χ2v) is 8.32. The number of aliphatic hydroxyl groups excluding tert-OH is 1. The zero-order valence-electron chi connectivity index (χ0n) is 18.6. The molecule has 0 aliphatic heterocycles. The molecule has 172 valence electrons. The van der Waals surface area contributed by atoms with Crippen LogP contribution in [0.4, 0.5) is 0 Å². The summed E-state index contributed by atoms with van der Waals surface area (Å²) < 4.78 is 10.7. The van der Waals surface area contributed by atoms with Crippen LogP contribution in [0.25, 0.3) is 0 Å². The van der Waals surface area contributed by atoms with Gasteiger partial charge >= 0.3 is 7.12 Å². The van der Waals surface area contributed by atoms with Gasteiger partial charge in [0, 0.05) is 5.92 Å². The summed E-state index contributed by atoms with van der Waals surface area (Å²) in [6.07, 6.45) is 2.10. The number of rotatable bonds is 10. The quantitative estimate of drug-likeness (QED) is 0.321. The summed E-state index contributed by atoms with van der Waals surface area (Å²) >= 11 is 0. The Hall–Kier alpha value is -2.30. The Kier molecular flexibility index (Phi) is 9.15. The minimum absolute atomic E-state index is 0.118. The van der Waals surface area contributed by atoms with Gasteiger partial charge in [-0.25, -0.2) is 0 Å². The summed E-state index contributed by atoms with van der Waals surface area (Å²) in [5, 5.41) is 33.7. The van der Waals surface area contributed by atoms with Crippen molar-refractivity contribution in [2.75, 3.05) is 20.8 Å². The first-order valence-corrected chi connectivity index (χ1v) is 10.5. The van der Waals surface area contributed by atoms with Gasteiger partial charge in [0.2, 0.25) is 11.8 Å². The van der Waals surface area contributed by atoms with Crippen molar-refractivity contribution in [1.82, 2.24) is 10.6 Å². The number of amides is 2. The van der Waals surface area contributed by atoms with E-state index >= 15 is 0 Å². The number of ether oxygens (including phenoxy) is 2. The monoisotopic (exact) mass is 436 g/mol. The van der Waals surface area contributed by atoms with Crippen LogP contribution in [0.3, 0.4) is 0 Å². The van der Waals surface area contributed by atoms with Crippen molar-refractivity contribution in [2.45, 2.75) is 51.5 Å². The molecule has 3 atom stereocenters. The highest BCUT2D eigenvalue weighted by atomic mass is 16.5. The molecular formula is C21H33BN2O7. The number of carbonyl (C=O) groups excluding carboxylic acids is 2. The number of hydrogen-bond donors (Lipinski definition) is 5. The molecule has 5 N–H and O–H groups in total. The van der Waals surface area contributed by atoms with Crippen molar-refractivity contribution in [3.63, 3.8) is 0 Å². The maximum Gasteiger partial charge on any atom is 0.475 e. The van der Waals surface area contributed by atoms with E-state index in [0.29, 0.717) is 37.2 Å². The van der Waals surface area contributed by atoms with Gasteiger partial charge in [0.15, 0.2) is 11.5 Å². The van der Waals surface area contributed by atoms with Gasteiger partial charge in [-0.15, -0.1) is 0 Å². The van der Waals surface area contributed by atoms with E-state index in [4.69, 9.17) is 9.47 Å². The van der Waals surface area contributed by atoms with Crippen molar-refractivity contribution in [3.05, 3.63) is 23.3 Å². The van der Waals surface area contributed by atoms with Crippen LogP contribution in [-0.2, 0) is 22.4 Å². The molecule has 0 bridgehead atoms. The molecular weight excluding hydrogens is 403 g/mol. The van der Waals surface area contributed by atoms with Gasteiger partial charge in [-0.3, -0.25) is 9.59 Å². The van der Waals surface area contributed by atoms with Crippen LogP contribution in [0.1, 0.15) is 37.8 Å². The third-order valence-corrected chi connectivity index (χ3v) is 5.53. The fraction of sp³-hybridized carbons (Fsp3) is 0.619. The number of fused-ring (bicyclic) bond motifs is 1. The van der Waals surface area contributed by atoms with Crippen molar-refractivity contribution in [2.24, 2.45) is 11.8 Å².